The molecule has 5 nitrogen and oxygen atoms in total. The number of anilines is 2. The largest absolute Gasteiger partial charge is 2.00 e. The van der Waals surface area contributed by atoms with Gasteiger partial charge in [0.25, 0.3) is 0 Å². The minimum absolute atomic E-state index is 0. The van der Waals surface area contributed by atoms with Gasteiger partial charge in [0.05, 0.1) is 0 Å². The van der Waals surface area contributed by atoms with Gasteiger partial charge in [-0.25, -0.2) is 0 Å². The first-order valence-corrected chi connectivity index (χ1v) is 32.7. The van der Waals surface area contributed by atoms with Crippen LogP contribution in [0.4, 0.5) is 22.7 Å². The molecule has 2 aliphatic carbocycles. The average molecular weight is 1330 g/mol. The van der Waals surface area contributed by atoms with Crippen LogP contribution in [0.15, 0.2) is 181 Å². The van der Waals surface area contributed by atoms with Crippen molar-refractivity contribution in [2.45, 2.75) is 171 Å². The smallest absolute Gasteiger partial charge is 0.659 e. The Bertz CT molecular complexity index is 3270. The van der Waals surface area contributed by atoms with Gasteiger partial charge in [-0.15, -0.1) is 22.8 Å². The van der Waals surface area contributed by atoms with Gasteiger partial charge in [0.1, 0.15) is 0 Å². The molecule has 0 atom stereocenters. The van der Waals surface area contributed by atoms with Crippen LogP contribution < -0.4 is 10.6 Å². The van der Waals surface area contributed by atoms with Crippen LogP contribution in [0, 0.1) is 46.9 Å². The van der Waals surface area contributed by atoms with Gasteiger partial charge in [-0.3, -0.25) is 0 Å². The minimum Gasteiger partial charge on any atom is -0.659 e. The van der Waals surface area contributed by atoms with E-state index < -0.39 is 0 Å². The van der Waals surface area contributed by atoms with Gasteiger partial charge >= 0.3 is 46.9 Å². The van der Waals surface area contributed by atoms with Crippen molar-refractivity contribution in [3.8, 4) is 22.3 Å². The Hall–Kier alpha value is -6.08. The van der Waals surface area contributed by atoms with Crippen molar-refractivity contribution in [1.82, 2.24) is 0 Å². The van der Waals surface area contributed by atoms with Crippen LogP contribution in [-0.4, -0.2) is 26.3 Å². The van der Waals surface area contributed by atoms with E-state index in [4.69, 9.17) is 15.4 Å². The Labute approximate surface area is 569 Å². The molecule has 8 aromatic rings. The Kier molecular flexibility index (Phi) is 24.0. The molecule has 466 valence electrons. The van der Waals surface area contributed by atoms with Crippen molar-refractivity contribution in [1.29, 1.82) is 0 Å². The third-order valence-electron chi connectivity index (χ3n) is 17.6. The van der Waals surface area contributed by atoms with Crippen LogP contribution in [0.3, 0.4) is 0 Å². The van der Waals surface area contributed by atoms with Gasteiger partial charge in [-0.05, 0) is 138 Å². The number of para-hydroxylation sites is 4. The Morgan fingerprint density at radius 3 is 0.727 bits per heavy atom. The quantitative estimate of drug-likeness (QED) is 0.0900. The molecule has 1 heterocycles. The van der Waals surface area contributed by atoms with E-state index in [9.17, 15) is 0 Å². The number of nitrogens with zero attached hydrogens (tertiary/aromatic N) is 2. The second kappa shape index (κ2) is 31.1. The molecule has 0 aromatic heterocycles. The van der Waals surface area contributed by atoms with Crippen molar-refractivity contribution in [3.63, 3.8) is 0 Å². The summed E-state index contributed by atoms with van der Waals surface area (Å²) >= 11 is 0. The molecular weight excluding hydrogens is 1230 g/mol. The van der Waals surface area contributed by atoms with Gasteiger partial charge in [-0.2, -0.15) is 0 Å². The third kappa shape index (κ3) is 15.2. The summed E-state index contributed by atoms with van der Waals surface area (Å²) in [5, 5.41) is 19.2. The van der Waals surface area contributed by atoms with Crippen LogP contribution in [0.5, 0.6) is 0 Å². The number of nitrogens with one attached hydrogen (secondary N) is 2. The zero-order valence-electron chi connectivity index (χ0n) is 55.6. The van der Waals surface area contributed by atoms with Crippen LogP contribution >= 0.6 is 0 Å². The molecular formula is C82H98N4OYb. The summed E-state index contributed by atoms with van der Waals surface area (Å²) in [5.74, 6) is 3.21. The Balaban J connectivity index is 0.000000208. The Morgan fingerprint density at radius 1 is 0.307 bits per heavy atom. The third-order valence-corrected chi connectivity index (χ3v) is 17.6. The van der Waals surface area contributed by atoms with Crippen molar-refractivity contribution in [2.24, 2.45) is 0 Å². The molecule has 1 fully saturated rings. The fourth-order valence-electron chi connectivity index (χ4n) is 12.9. The molecule has 0 unspecified atom stereocenters. The maximum Gasteiger partial charge on any atom is 2.00 e. The zero-order chi connectivity index (χ0) is 62.1. The number of hydrogen-bond acceptors (Lipinski definition) is 3. The molecule has 0 radical (unpaired) electrons. The van der Waals surface area contributed by atoms with Crippen molar-refractivity contribution < 1.29 is 51.7 Å². The molecule has 0 spiro atoms. The van der Waals surface area contributed by atoms with E-state index >= 15 is 0 Å². The second-order valence-corrected chi connectivity index (χ2v) is 26.5. The summed E-state index contributed by atoms with van der Waals surface area (Å²) in [6.07, 6.45) is 2.56. The number of ether oxygens (including phenoxy) is 1. The number of rotatable bonds is 18. The molecule has 1 saturated heterocycles. The molecule has 8 aromatic carbocycles. The summed E-state index contributed by atoms with van der Waals surface area (Å²) in [6, 6.07) is 62.2. The van der Waals surface area contributed by atoms with Gasteiger partial charge in [-0.1, -0.05) is 303 Å². The SMILES string of the molecule is C1CCOC1.CC(C)c1cccc(C(C)C)c1[N-]C(CNc1c(C(C)C)cccc1C(C)C)=C1c2ccccc2-c2ccccc21.CC(C)c1cccc(C(C)C)c1[N-]C(CNc1c(C(C)C)cccc1C(C)C)=C1c2ccccc2-c2ccccc21.[Yb+2]. The predicted molar refractivity (Wildman–Crippen MR) is 377 cm³/mol. The van der Waals surface area contributed by atoms with Gasteiger partial charge in [0, 0.05) is 37.7 Å². The molecule has 0 saturated carbocycles. The van der Waals surface area contributed by atoms with Crippen LogP contribution in [0.25, 0.3) is 44.0 Å². The van der Waals surface area contributed by atoms with Crippen LogP contribution in [0.2, 0.25) is 0 Å². The van der Waals surface area contributed by atoms with Gasteiger partial charge < -0.3 is 26.0 Å². The zero-order valence-corrected chi connectivity index (χ0v) is 57.3. The van der Waals surface area contributed by atoms with Crippen molar-refractivity contribution in [2.75, 3.05) is 36.9 Å². The van der Waals surface area contributed by atoms with E-state index in [0.29, 0.717) is 60.4 Å². The molecule has 0 amide bonds. The topological polar surface area (TPSA) is 61.5 Å². The predicted octanol–water partition coefficient (Wildman–Crippen LogP) is 24.3. The summed E-state index contributed by atoms with van der Waals surface area (Å²) in [7, 11) is 0. The van der Waals surface area contributed by atoms with Crippen molar-refractivity contribution >= 4 is 33.9 Å². The number of benzene rings is 8. The fourth-order valence-corrected chi connectivity index (χ4v) is 12.9. The monoisotopic (exact) mass is 1330 g/mol. The first-order valence-electron chi connectivity index (χ1n) is 32.7. The van der Waals surface area contributed by atoms with E-state index in [1.165, 1.54) is 124 Å². The van der Waals surface area contributed by atoms with Gasteiger partial charge in [0.15, 0.2) is 0 Å². The van der Waals surface area contributed by atoms with Crippen LogP contribution in [-0.2, 0) is 4.74 Å². The first kappa shape index (κ1) is 67.8. The molecule has 11 rings (SSSR count). The van der Waals surface area contributed by atoms with E-state index in [1.54, 1.807) is 0 Å². The molecule has 0 bridgehead atoms. The summed E-state index contributed by atoms with van der Waals surface area (Å²) < 4.78 is 4.94. The van der Waals surface area contributed by atoms with E-state index in [0.717, 1.165) is 36.0 Å². The molecule has 6 heteroatoms. The molecule has 1 aliphatic heterocycles. The summed E-state index contributed by atoms with van der Waals surface area (Å²) in [4.78, 5) is 0. The maximum atomic E-state index is 5.66. The molecule has 88 heavy (non-hydrogen) atoms. The van der Waals surface area contributed by atoms with Gasteiger partial charge in [0.2, 0.25) is 0 Å². The molecule has 2 N–H and O–H groups in total. The normalized spacial score (nSPS) is 12.9. The number of fused-ring (bicyclic) bond motifs is 6. The summed E-state index contributed by atoms with van der Waals surface area (Å²) in [5.41, 5.74) is 30.3. The van der Waals surface area contributed by atoms with E-state index in [-0.39, 0.29) is 46.9 Å². The first-order chi connectivity index (χ1) is 41.9. The van der Waals surface area contributed by atoms with E-state index in [1.807, 2.05) is 0 Å². The Morgan fingerprint density at radius 2 is 0.523 bits per heavy atom. The maximum absolute atomic E-state index is 5.66. The minimum atomic E-state index is 0. The standard InChI is InChI=1S/2C39H45N2.C4H8O.Yb/c2*1-24(2)28-19-13-20-29(25(3)4)38(28)40-23-36(41-39-30(26(5)6)21-14-22-31(39)27(7)8)37-34-17-11-9-15-32(34)33-16-10-12-18-35(33)37;1-2-4-5-3-1;/h2*9-22,24-27,40H,23H2,1-8H3;1-4H2;/q2*-1;;+2. The fraction of sp³-hybridized carbons (Fsp3) is 0.366. The molecule has 3 aliphatic rings. The van der Waals surface area contributed by atoms with Crippen LogP contribution in [0.1, 0.15) is 238 Å². The second-order valence-electron chi connectivity index (χ2n) is 26.5. The van der Waals surface area contributed by atoms with E-state index in [2.05, 4.69) is 291 Å². The van der Waals surface area contributed by atoms with Crippen molar-refractivity contribution in [3.05, 3.63) is 259 Å². The average Bonchev–Trinajstić information content (AvgIpc) is 2.11. The number of hydrogen-bond donors (Lipinski definition) is 2. The summed E-state index contributed by atoms with van der Waals surface area (Å²) in [6.45, 7) is 39.8.